The number of carbonyl (C=O) groups excluding carboxylic acids is 1. The fraction of sp³-hybridized carbons (Fsp3) is 0.476. The standard InChI is InChI=1S/C21H24N2O3S/c24-20(22-13-5-9-15-6-1-2-10-17(15)22)14-23-18-11-3-7-16-8-4-12-19(21(16)18)27(23,25)26/h3-4,7-8,11-12,15,17H,1-2,5-6,9-10,13-14H2/t15-,17-/m0/s1. The van der Waals surface area contributed by atoms with E-state index in [0.717, 1.165) is 36.6 Å². The quantitative estimate of drug-likeness (QED) is 0.796. The highest BCUT2D eigenvalue weighted by Crippen LogP contribution is 2.42. The van der Waals surface area contributed by atoms with E-state index in [4.69, 9.17) is 0 Å². The maximum Gasteiger partial charge on any atom is 0.265 e. The largest absolute Gasteiger partial charge is 0.338 e. The van der Waals surface area contributed by atoms with E-state index in [1.165, 1.54) is 23.6 Å². The second-order valence-corrected chi connectivity index (χ2v) is 9.82. The van der Waals surface area contributed by atoms with Gasteiger partial charge in [-0.1, -0.05) is 37.1 Å². The van der Waals surface area contributed by atoms with Crippen molar-refractivity contribution in [3.05, 3.63) is 36.4 Å². The van der Waals surface area contributed by atoms with E-state index < -0.39 is 10.0 Å². The number of anilines is 1. The molecule has 27 heavy (non-hydrogen) atoms. The summed E-state index contributed by atoms with van der Waals surface area (Å²) in [6.07, 6.45) is 6.88. The van der Waals surface area contributed by atoms with Gasteiger partial charge in [-0.2, -0.15) is 0 Å². The molecule has 1 saturated heterocycles. The Morgan fingerprint density at radius 3 is 2.59 bits per heavy atom. The summed E-state index contributed by atoms with van der Waals surface area (Å²) in [4.78, 5) is 15.5. The molecule has 3 aliphatic rings. The Balaban J connectivity index is 1.47. The van der Waals surface area contributed by atoms with E-state index in [0.29, 0.717) is 22.5 Å². The Bertz CT molecular complexity index is 1010. The zero-order valence-electron chi connectivity index (χ0n) is 15.3. The lowest BCUT2D eigenvalue weighted by atomic mass is 9.78. The van der Waals surface area contributed by atoms with E-state index in [2.05, 4.69) is 0 Å². The summed E-state index contributed by atoms with van der Waals surface area (Å²) in [5, 5.41) is 1.64. The molecule has 2 atom stereocenters. The summed E-state index contributed by atoms with van der Waals surface area (Å²) < 4.78 is 27.6. The molecule has 0 spiro atoms. The minimum Gasteiger partial charge on any atom is -0.338 e. The van der Waals surface area contributed by atoms with Gasteiger partial charge in [0, 0.05) is 18.0 Å². The van der Waals surface area contributed by atoms with Crippen LogP contribution in [0.4, 0.5) is 5.69 Å². The molecular weight excluding hydrogens is 360 g/mol. The molecule has 0 radical (unpaired) electrons. The molecule has 5 rings (SSSR count). The molecule has 0 N–H and O–H groups in total. The molecule has 1 aliphatic carbocycles. The maximum atomic E-state index is 13.2. The third-order valence-corrected chi connectivity index (χ3v) is 8.33. The highest BCUT2D eigenvalue weighted by molar-refractivity contribution is 7.93. The third kappa shape index (κ3) is 2.57. The van der Waals surface area contributed by atoms with Gasteiger partial charge in [0.2, 0.25) is 5.91 Å². The van der Waals surface area contributed by atoms with Gasteiger partial charge in [-0.3, -0.25) is 9.10 Å². The van der Waals surface area contributed by atoms with Crippen molar-refractivity contribution in [1.29, 1.82) is 0 Å². The smallest absolute Gasteiger partial charge is 0.265 e. The van der Waals surface area contributed by atoms with E-state index in [1.807, 2.05) is 29.2 Å². The maximum absolute atomic E-state index is 13.2. The van der Waals surface area contributed by atoms with Crippen molar-refractivity contribution in [2.24, 2.45) is 5.92 Å². The van der Waals surface area contributed by atoms with E-state index in [9.17, 15) is 13.2 Å². The van der Waals surface area contributed by atoms with Crippen LogP contribution in [0.2, 0.25) is 0 Å². The predicted octanol–water partition coefficient (Wildman–Crippen LogP) is 3.53. The summed E-state index contributed by atoms with van der Waals surface area (Å²) >= 11 is 0. The molecule has 0 bridgehead atoms. The van der Waals surface area contributed by atoms with Gasteiger partial charge in [0.25, 0.3) is 10.0 Å². The highest BCUT2D eigenvalue weighted by atomic mass is 32.2. The molecule has 142 valence electrons. The molecule has 5 nitrogen and oxygen atoms in total. The van der Waals surface area contributed by atoms with Crippen LogP contribution in [0.25, 0.3) is 10.8 Å². The van der Waals surface area contributed by atoms with Gasteiger partial charge in [0.15, 0.2) is 0 Å². The first-order valence-corrected chi connectivity index (χ1v) is 11.4. The monoisotopic (exact) mass is 384 g/mol. The highest BCUT2D eigenvalue weighted by Gasteiger charge is 2.40. The number of fused-ring (bicyclic) bond motifs is 1. The first-order chi connectivity index (χ1) is 13.1. The van der Waals surface area contributed by atoms with Crippen LogP contribution >= 0.6 is 0 Å². The Morgan fingerprint density at radius 2 is 1.74 bits per heavy atom. The second-order valence-electron chi connectivity index (χ2n) is 7.98. The molecular formula is C21H24N2O3S. The molecule has 1 saturated carbocycles. The van der Waals surface area contributed by atoms with Crippen LogP contribution in [0.1, 0.15) is 38.5 Å². The Morgan fingerprint density at radius 1 is 1.00 bits per heavy atom. The predicted molar refractivity (Wildman–Crippen MR) is 105 cm³/mol. The van der Waals surface area contributed by atoms with E-state index >= 15 is 0 Å². The fourth-order valence-electron chi connectivity index (χ4n) is 5.28. The lowest BCUT2D eigenvalue weighted by molar-refractivity contribution is -0.135. The number of nitrogens with zero attached hydrogens (tertiary/aromatic N) is 2. The molecule has 2 aromatic rings. The van der Waals surface area contributed by atoms with Crippen molar-refractivity contribution >= 4 is 32.4 Å². The number of hydrogen-bond acceptors (Lipinski definition) is 3. The van der Waals surface area contributed by atoms with Crippen LogP contribution in [0.5, 0.6) is 0 Å². The summed E-state index contributed by atoms with van der Waals surface area (Å²) in [5.41, 5.74) is 0.633. The summed E-state index contributed by atoms with van der Waals surface area (Å²) in [6, 6.07) is 11.2. The summed E-state index contributed by atoms with van der Waals surface area (Å²) in [6.45, 7) is 0.657. The normalized spacial score (nSPS) is 26.2. The average molecular weight is 385 g/mol. The van der Waals surface area contributed by atoms with Crippen molar-refractivity contribution in [1.82, 2.24) is 4.90 Å². The minimum absolute atomic E-state index is 0.0556. The second kappa shape index (κ2) is 6.23. The van der Waals surface area contributed by atoms with Crippen molar-refractivity contribution in [2.75, 3.05) is 17.4 Å². The fourth-order valence-corrected chi connectivity index (χ4v) is 6.94. The number of carbonyl (C=O) groups is 1. The molecule has 0 aromatic heterocycles. The zero-order valence-corrected chi connectivity index (χ0v) is 16.1. The van der Waals surface area contributed by atoms with Gasteiger partial charge in [0.05, 0.1) is 10.6 Å². The first kappa shape index (κ1) is 17.0. The Labute approximate surface area is 160 Å². The lowest BCUT2D eigenvalue weighted by Crippen LogP contribution is -2.52. The third-order valence-electron chi connectivity index (χ3n) is 6.52. The number of sulfonamides is 1. The minimum atomic E-state index is -3.68. The van der Waals surface area contributed by atoms with Crippen LogP contribution in [0.3, 0.4) is 0 Å². The number of benzene rings is 2. The molecule has 2 aliphatic heterocycles. The van der Waals surface area contributed by atoms with Crippen molar-refractivity contribution in [3.63, 3.8) is 0 Å². The average Bonchev–Trinajstić information content (AvgIpc) is 2.91. The summed E-state index contributed by atoms with van der Waals surface area (Å²) in [5.74, 6) is 0.534. The van der Waals surface area contributed by atoms with E-state index in [1.54, 1.807) is 12.1 Å². The van der Waals surface area contributed by atoms with Crippen molar-refractivity contribution in [3.8, 4) is 0 Å². The topological polar surface area (TPSA) is 57.7 Å². The number of piperidine rings is 1. The van der Waals surface area contributed by atoms with Gasteiger partial charge >= 0.3 is 0 Å². The number of likely N-dealkylation sites (tertiary alicyclic amines) is 1. The Hall–Kier alpha value is -2.08. The number of rotatable bonds is 2. The Kier molecular flexibility index (Phi) is 3.93. The van der Waals surface area contributed by atoms with Crippen molar-refractivity contribution in [2.45, 2.75) is 49.5 Å². The van der Waals surface area contributed by atoms with Crippen LogP contribution in [0, 0.1) is 5.92 Å². The van der Waals surface area contributed by atoms with E-state index in [-0.39, 0.29) is 12.5 Å². The molecule has 2 heterocycles. The zero-order chi connectivity index (χ0) is 18.6. The van der Waals surface area contributed by atoms with Crippen molar-refractivity contribution < 1.29 is 13.2 Å². The van der Waals surface area contributed by atoms with Crippen LogP contribution < -0.4 is 4.31 Å². The van der Waals surface area contributed by atoms with Crippen LogP contribution in [0.15, 0.2) is 41.3 Å². The molecule has 1 amide bonds. The molecule has 2 fully saturated rings. The molecule has 2 aromatic carbocycles. The number of amides is 1. The summed E-state index contributed by atoms with van der Waals surface area (Å²) in [7, 11) is -3.68. The molecule has 0 unspecified atom stereocenters. The van der Waals surface area contributed by atoms with Crippen LogP contribution in [-0.2, 0) is 14.8 Å². The SMILES string of the molecule is O=C(CN1c2cccc3cccc(c23)S1(=O)=O)N1CCC[C@@H]2CCCC[C@@H]21. The van der Waals surface area contributed by atoms with Gasteiger partial charge in [0.1, 0.15) is 6.54 Å². The van der Waals surface area contributed by atoms with Gasteiger partial charge in [-0.05, 0) is 49.1 Å². The lowest BCUT2D eigenvalue weighted by Gasteiger charge is -2.44. The first-order valence-electron chi connectivity index (χ1n) is 9.91. The van der Waals surface area contributed by atoms with Gasteiger partial charge < -0.3 is 4.90 Å². The van der Waals surface area contributed by atoms with Crippen LogP contribution in [-0.4, -0.2) is 38.4 Å². The van der Waals surface area contributed by atoms with Gasteiger partial charge in [-0.15, -0.1) is 0 Å². The van der Waals surface area contributed by atoms with Gasteiger partial charge in [-0.25, -0.2) is 8.42 Å². The molecule has 6 heteroatoms. The number of hydrogen-bond donors (Lipinski definition) is 0.